The summed E-state index contributed by atoms with van der Waals surface area (Å²) < 4.78 is 41.7. The zero-order valence-electron chi connectivity index (χ0n) is 19.8. The smallest absolute Gasteiger partial charge is 0.416 e. The fraction of sp³-hybridized carbons (Fsp3) is 0.292. The highest BCUT2D eigenvalue weighted by Gasteiger charge is 2.51. The Morgan fingerprint density at radius 1 is 1.19 bits per heavy atom. The maximum atomic E-state index is 13.4. The van der Waals surface area contributed by atoms with E-state index in [0.717, 1.165) is 17.0 Å². The fourth-order valence-electron chi connectivity index (χ4n) is 4.28. The summed E-state index contributed by atoms with van der Waals surface area (Å²) in [6, 6.07) is 8.29. The van der Waals surface area contributed by atoms with E-state index in [4.69, 9.17) is 0 Å². The van der Waals surface area contributed by atoms with Gasteiger partial charge in [-0.05, 0) is 35.3 Å². The maximum Gasteiger partial charge on any atom is 0.416 e. The number of amidine groups is 1. The average Bonchev–Trinajstić information content (AvgIpc) is 3.25. The van der Waals surface area contributed by atoms with Gasteiger partial charge in [-0.3, -0.25) is 14.6 Å². The van der Waals surface area contributed by atoms with Crippen molar-refractivity contribution in [1.82, 2.24) is 9.80 Å². The van der Waals surface area contributed by atoms with Crippen LogP contribution in [-0.2, 0) is 11.0 Å². The number of carboxylic acids is 1. The molecular weight excluding hydrogens is 495 g/mol. The van der Waals surface area contributed by atoms with Crippen molar-refractivity contribution in [2.45, 2.75) is 18.3 Å². The number of imide groups is 1. The van der Waals surface area contributed by atoms with Crippen LogP contribution in [0.5, 0.6) is 0 Å². The Hall–Kier alpha value is -4.26. The number of amides is 3. The zero-order chi connectivity index (χ0) is 27.1. The predicted molar refractivity (Wildman–Crippen MR) is 126 cm³/mol. The molecule has 2 aromatic carbocycles. The third kappa shape index (κ3) is 4.89. The van der Waals surface area contributed by atoms with E-state index in [1.165, 1.54) is 64.2 Å². The molecule has 0 aliphatic carbocycles. The molecular formula is C24H23F3N5O5+. The van der Waals surface area contributed by atoms with Crippen molar-refractivity contribution in [3.05, 3.63) is 59.7 Å². The van der Waals surface area contributed by atoms with Gasteiger partial charge >= 0.3 is 18.2 Å². The Balaban J connectivity index is 1.67. The van der Waals surface area contributed by atoms with Crippen molar-refractivity contribution < 1.29 is 42.3 Å². The second kappa shape index (κ2) is 9.65. The Morgan fingerprint density at radius 3 is 2.57 bits per heavy atom. The topological polar surface area (TPSA) is 117 Å². The number of aliphatic hydroxyl groups excluding tert-OH is 1. The molecule has 0 radical (unpaired) electrons. The lowest BCUT2D eigenvalue weighted by molar-refractivity contribution is -0.501. The van der Waals surface area contributed by atoms with Crippen LogP contribution in [-0.4, -0.2) is 94.0 Å². The van der Waals surface area contributed by atoms with E-state index in [1.54, 1.807) is 7.05 Å². The van der Waals surface area contributed by atoms with E-state index in [-0.39, 0.29) is 22.8 Å². The first kappa shape index (κ1) is 25.8. The third-order valence-electron chi connectivity index (χ3n) is 6.08. The van der Waals surface area contributed by atoms with Gasteiger partial charge < -0.3 is 15.1 Å². The van der Waals surface area contributed by atoms with Gasteiger partial charge in [0, 0.05) is 12.7 Å². The lowest BCUT2D eigenvalue weighted by atomic mass is 10.1. The predicted octanol–water partition coefficient (Wildman–Crippen LogP) is 2.25. The summed E-state index contributed by atoms with van der Waals surface area (Å²) in [7, 11) is 3.04. The van der Waals surface area contributed by atoms with Gasteiger partial charge in [0.05, 0.1) is 43.1 Å². The number of hydrogen-bond donors (Lipinski definition) is 2. The Labute approximate surface area is 209 Å². The number of halogens is 3. The number of fused-ring (bicyclic) bond motifs is 1. The summed E-state index contributed by atoms with van der Waals surface area (Å²) in [5, 5.41) is 20.6. The van der Waals surface area contributed by atoms with Crippen molar-refractivity contribution in [1.29, 1.82) is 0 Å². The minimum absolute atomic E-state index is 0.0290. The Bertz CT molecular complexity index is 1330. The van der Waals surface area contributed by atoms with Gasteiger partial charge in [-0.15, -0.1) is 0 Å². The normalized spacial score (nSPS) is 18.4. The van der Waals surface area contributed by atoms with E-state index in [9.17, 15) is 37.8 Å². The Morgan fingerprint density at radius 2 is 1.89 bits per heavy atom. The van der Waals surface area contributed by atoms with Crippen molar-refractivity contribution in [3.8, 4) is 0 Å². The molecule has 13 heteroatoms. The highest BCUT2D eigenvalue weighted by molar-refractivity contribution is 6.21. The van der Waals surface area contributed by atoms with Crippen molar-refractivity contribution >= 4 is 41.5 Å². The number of carboxylic acid groups (broad SMARTS) is 1. The van der Waals surface area contributed by atoms with E-state index in [0.29, 0.717) is 0 Å². The first-order valence-corrected chi connectivity index (χ1v) is 11.1. The van der Waals surface area contributed by atoms with E-state index in [2.05, 4.69) is 4.99 Å². The van der Waals surface area contributed by atoms with Crippen LogP contribution in [0.1, 0.15) is 15.9 Å². The minimum atomic E-state index is -4.66. The lowest BCUT2D eigenvalue weighted by Crippen LogP contribution is -2.63. The lowest BCUT2D eigenvalue weighted by Gasteiger charge is -2.35. The van der Waals surface area contributed by atoms with Crippen LogP contribution in [0.25, 0.3) is 0 Å². The number of alkyl halides is 3. The summed E-state index contributed by atoms with van der Waals surface area (Å²) in [5.41, 5.74) is -1.18. The number of β-amino-alcohol motifs (C(OH)–C–C–N with tert-alkyl or cyclic N) is 1. The molecule has 0 saturated carbocycles. The highest BCUT2D eigenvalue weighted by atomic mass is 19.4. The molecule has 0 bridgehead atoms. The second-order valence-electron chi connectivity index (χ2n) is 8.60. The van der Waals surface area contributed by atoms with Gasteiger partial charge in [-0.2, -0.15) is 13.2 Å². The van der Waals surface area contributed by atoms with Crippen LogP contribution in [0.15, 0.2) is 53.5 Å². The summed E-state index contributed by atoms with van der Waals surface area (Å²) in [4.78, 5) is 45.0. The number of rotatable bonds is 7. The molecule has 1 fully saturated rings. The van der Waals surface area contributed by atoms with E-state index < -0.39 is 54.9 Å². The number of aliphatic hydroxyl groups is 1. The molecule has 2 atom stereocenters. The zero-order valence-corrected chi connectivity index (χ0v) is 19.8. The summed E-state index contributed by atoms with van der Waals surface area (Å²) in [6.45, 7) is -0.899. The Kier molecular flexibility index (Phi) is 6.74. The number of para-hydroxylation sites is 1. The number of hydrogen-bond acceptors (Lipinski definition) is 6. The molecule has 37 heavy (non-hydrogen) atoms. The molecule has 2 unspecified atom stereocenters. The number of aliphatic imine (C=N–C) groups is 1. The molecule has 2 aliphatic heterocycles. The molecule has 4 rings (SSSR count). The van der Waals surface area contributed by atoms with Gasteiger partial charge in [0.15, 0.2) is 0 Å². The number of anilines is 2. The van der Waals surface area contributed by atoms with Crippen LogP contribution in [0, 0.1) is 0 Å². The molecule has 10 nitrogen and oxygen atoms in total. The minimum Gasteiger partial charge on any atom is -0.478 e. The molecule has 0 aromatic heterocycles. The SMILES string of the molecule is CN1C(=O)N(CC(O)CN(c2cccc(C(F)(F)F)c2)c2ccccc2C(=O)O)C(=O)C2C1=NC=[N+]2C. The van der Waals surface area contributed by atoms with Gasteiger partial charge in [0.1, 0.15) is 0 Å². The number of carbonyl (C=O) groups excluding carboxylic acids is 2. The first-order valence-electron chi connectivity index (χ1n) is 11.1. The highest BCUT2D eigenvalue weighted by Crippen LogP contribution is 2.35. The van der Waals surface area contributed by atoms with Crippen molar-refractivity contribution in [3.63, 3.8) is 0 Å². The molecule has 2 aromatic rings. The standard InChI is InChI=1S/C24H22F3N5O5/c1-29-13-28-20-19(29)21(34)32(23(37)30(20)2)12-16(33)11-31(18-9-4-3-8-17(18)22(35)36)15-7-5-6-14(10-15)24(25,26)27/h3-10,13,16,19,33H,11-12H2,1-2H3/p+1. The van der Waals surface area contributed by atoms with Crippen LogP contribution in [0.2, 0.25) is 0 Å². The molecule has 194 valence electrons. The summed E-state index contributed by atoms with van der Waals surface area (Å²) in [6.07, 6.45) is -4.71. The third-order valence-corrected chi connectivity index (χ3v) is 6.08. The summed E-state index contributed by atoms with van der Waals surface area (Å²) in [5.74, 6) is -1.70. The number of aromatic carboxylic acids is 1. The molecule has 2 aliphatic rings. The monoisotopic (exact) mass is 518 g/mol. The van der Waals surface area contributed by atoms with Gasteiger partial charge in [0.2, 0.25) is 0 Å². The van der Waals surface area contributed by atoms with E-state index >= 15 is 0 Å². The van der Waals surface area contributed by atoms with Crippen molar-refractivity contribution in [2.24, 2.45) is 4.99 Å². The van der Waals surface area contributed by atoms with Crippen LogP contribution >= 0.6 is 0 Å². The van der Waals surface area contributed by atoms with E-state index in [1.807, 2.05) is 0 Å². The van der Waals surface area contributed by atoms with Crippen LogP contribution in [0.4, 0.5) is 29.3 Å². The fourth-order valence-corrected chi connectivity index (χ4v) is 4.28. The number of benzene rings is 2. The molecule has 2 N–H and O–H groups in total. The maximum absolute atomic E-state index is 13.4. The number of nitrogens with zero attached hydrogens (tertiary/aromatic N) is 5. The second-order valence-corrected chi connectivity index (χ2v) is 8.60. The van der Waals surface area contributed by atoms with Crippen LogP contribution < -0.4 is 4.90 Å². The quantitative estimate of drug-likeness (QED) is 0.544. The van der Waals surface area contributed by atoms with Gasteiger partial charge in [-0.1, -0.05) is 18.2 Å². The average molecular weight is 518 g/mol. The largest absolute Gasteiger partial charge is 0.478 e. The molecule has 0 spiro atoms. The summed E-state index contributed by atoms with van der Waals surface area (Å²) >= 11 is 0. The number of likely N-dealkylation sites (N-methyl/N-ethyl adjacent to an activating group) is 2. The number of urea groups is 1. The van der Waals surface area contributed by atoms with Gasteiger partial charge in [-0.25, -0.2) is 14.2 Å². The van der Waals surface area contributed by atoms with Gasteiger partial charge in [0.25, 0.3) is 24.1 Å². The molecule has 3 amide bonds. The molecule has 2 heterocycles. The number of carbonyl (C=O) groups is 3. The van der Waals surface area contributed by atoms with Crippen LogP contribution in [0.3, 0.4) is 0 Å². The van der Waals surface area contributed by atoms with Crippen molar-refractivity contribution in [2.75, 3.05) is 32.1 Å². The molecule has 1 saturated heterocycles. The first-order chi connectivity index (χ1) is 17.4.